The van der Waals surface area contributed by atoms with Crippen molar-refractivity contribution < 1.29 is 32.0 Å². The van der Waals surface area contributed by atoms with E-state index in [0.29, 0.717) is 11.3 Å². The Balaban J connectivity index is 1.59. The van der Waals surface area contributed by atoms with Crippen LogP contribution in [0, 0.1) is 5.82 Å². The van der Waals surface area contributed by atoms with Crippen LogP contribution in [0.1, 0.15) is 22.3 Å². The molecule has 152 valence electrons. The quantitative estimate of drug-likeness (QED) is 0.744. The zero-order chi connectivity index (χ0) is 21.0. The van der Waals surface area contributed by atoms with Crippen molar-refractivity contribution >= 4 is 23.2 Å². The van der Waals surface area contributed by atoms with Crippen LogP contribution in [-0.4, -0.2) is 36.4 Å². The predicted molar refractivity (Wildman–Crippen MR) is 95.9 cm³/mol. The molecular weight excluding hydrogens is 394 g/mol. The van der Waals surface area contributed by atoms with Gasteiger partial charge in [-0.3, -0.25) is 9.59 Å². The summed E-state index contributed by atoms with van der Waals surface area (Å²) in [6.45, 7) is -1.46. The molecular formula is C19H15F4N3O3. The molecule has 0 bridgehead atoms. The SMILES string of the molecule is O=C(NCC(F)(F)F)c1cccc(NC(=O)C2CC(c3cccc(F)c3)=NO2)c1. The maximum absolute atomic E-state index is 13.3. The van der Waals surface area contributed by atoms with Crippen LogP contribution in [0.25, 0.3) is 0 Å². The molecule has 1 aliphatic rings. The van der Waals surface area contributed by atoms with Crippen molar-refractivity contribution in [1.29, 1.82) is 0 Å². The highest BCUT2D eigenvalue weighted by atomic mass is 19.4. The number of nitrogens with zero attached hydrogens (tertiary/aromatic N) is 1. The first-order chi connectivity index (χ1) is 13.7. The molecule has 0 aliphatic carbocycles. The number of nitrogens with one attached hydrogen (secondary N) is 2. The number of rotatable bonds is 5. The van der Waals surface area contributed by atoms with Gasteiger partial charge in [-0.2, -0.15) is 13.2 Å². The van der Waals surface area contributed by atoms with E-state index in [1.807, 2.05) is 0 Å². The number of alkyl halides is 3. The van der Waals surface area contributed by atoms with Crippen LogP contribution in [-0.2, 0) is 9.63 Å². The molecule has 6 nitrogen and oxygen atoms in total. The molecule has 0 spiro atoms. The standard InChI is InChI=1S/C19H15F4N3O3/c20-13-5-1-3-11(7-13)15-9-16(29-26-15)18(28)25-14-6-2-4-12(8-14)17(27)24-10-19(21,22)23/h1-8,16H,9-10H2,(H,24,27)(H,25,28). The molecule has 0 radical (unpaired) electrons. The lowest BCUT2D eigenvalue weighted by atomic mass is 10.0. The van der Waals surface area contributed by atoms with Crippen molar-refractivity contribution in [2.45, 2.75) is 18.7 Å². The van der Waals surface area contributed by atoms with Gasteiger partial charge < -0.3 is 15.5 Å². The number of amides is 2. The van der Waals surface area contributed by atoms with Crippen LogP contribution < -0.4 is 10.6 Å². The monoisotopic (exact) mass is 409 g/mol. The molecule has 29 heavy (non-hydrogen) atoms. The molecule has 2 amide bonds. The molecule has 2 aromatic carbocycles. The Hall–Kier alpha value is -3.43. The second kappa shape index (κ2) is 8.29. The van der Waals surface area contributed by atoms with Crippen molar-refractivity contribution in [3.8, 4) is 0 Å². The lowest BCUT2D eigenvalue weighted by molar-refractivity contribution is -0.125. The molecule has 0 aromatic heterocycles. The van der Waals surface area contributed by atoms with E-state index in [0.717, 1.165) is 0 Å². The lowest BCUT2D eigenvalue weighted by Crippen LogP contribution is -2.33. The van der Waals surface area contributed by atoms with Crippen LogP contribution in [0.15, 0.2) is 53.7 Å². The Morgan fingerprint density at radius 1 is 1.14 bits per heavy atom. The first-order valence-corrected chi connectivity index (χ1v) is 8.46. The Bertz CT molecular complexity index is 960. The van der Waals surface area contributed by atoms with E-state index in [4.69, 9.17) is 4.84 Å². The number of hydrogen-bond donors (Lipinski definition) is 2. The number of benzene rings is 2. The fourth-order valence-electron chi connectivity index (χ4n) is 2.60. The van der Waals surface area contributed by atoms with Gasteiger partial charge in [0, 0.05) is 23.2 Å². The van der Waals surface area contributed by atoms with Gasteiger partial charge in [-0.1, -0.05) is 23.4 Å². The third-order valence-corrected chi connectivity index (χ3v) is 3.96. The van der Waals surface area contributed by atoms with Gasteiger partial charge in [0.15, 0.2) is 0 Å². The molecule has 1 atom stereocenters. The van der Waals surface area contributed by atoms with E-state index in [2.05, 4.69) is 10.5 Å². The summed E-state index contributed by atoms with van der Waals surface area (Å²) in [6.07, 6.45) is -5.38. The fourth-order valence-corrected chi connectivity index (χ4v) is 2.60. The first kappa shape index (κ1) is 20.3. The zero-order valence-electron chi connectivity index (χ0n) is 14.8. The van der Waals surface area contributed by atoms with E-state index < -0.39 is 36.5 Å². The normalized spacial score (nSPS) is 16.0. The van der Waals surface area contributed by atoms with Crippen LogP contribution in [0.5, 0.6) is 0 Å². The molecule has 2 aromatic rings. The van der Waals surface area contributed by atoms with Crippen molar-refractivity contribution in [2.75, 3.05) is 11.9 Å². The third kappa shape index (κ3) is 5.53. The molecule has 1 aliphatic heterocycles. The molecule has 2 N–H and O–H groups in total. The van der Waals surface area contributed by atoms with Gasteiger partial charge in [-0.25, -0.2) is 4.39 Å². The van der Waals surface area contributed by atoms with E-state index in [1.54, 1.807) is 11.4 Å². The second-order valence-electron chi connectivity index (χ2n) is 6.21. The number of carbonyl (C=O) groups excluding carboxylic acids is 2. The zero-order valence-corrected chi connectivity index (χ0v) is 14.8. The van der Waals surface area contributed by atoms with Gasteiger partial charge >= 0.3 is 6.18 Å². The minimum absolute atomic E-state index is 0.0453. The van der Waals surface area contributed by atoms with Crippen LogP contribution in [0.4, 0.5) is 23.2 Å². The number of hydrogen-bond acceptors (Lipinski definition) is 4. The van der Waals surface area contributed by atoms with Crippen molar-refractivity contribution in [3.05, 3.63) is 65.5 Å². The van der Waals surface area contributed by atoms with Crippen molar-refractivity contribution in [1.82, 2.24) is 5.32 Å². The number of anilines is 1. The maximum Gasteiger partial charge on any atom is 0.405 e. The molecule has 0 fully saturated rings. The third-order valence-electron chi connectivity index (χ3n) is 3.96. The Kier molecular flexibility index (Phi) is 5.81. The molecule has 1 unspecified atom stereocenters. The summed E-state index contributed by atoms with van der Waals surface area (Å²) in [5, 5.41) is 8.08. The fraction of sp³-hybridized carbons (Fsp3) is 0.211. The highest BCUT2D eigenvalue weighted by Crippen LogP contribution is 2.20. The molecule has 3 rings (SSSR count). The van der Waals surface area contributed by atoms with E-state index >= 15 is 0 Å². The topological polar surface area (TPSA) is 79.8 Å². The predicted octanol–water partition coefficient (Wildman–Crippen LogP) is 3.25. The van der Waals surface area contributed by atoms with Gasteiger partial charge in [-0.15, -0.1) is 0 Å². The van der Waals surface area contributed by atoms with Gasteiger partial charge in [0.1, 0.15) is 12.4 Å². The number of carbonyl (C=O) groups is 2. The van der Waals surface area contributed by atoms with Gasteiger partial charge in [-0.05, 0) is 30.3 Å². The maximum atomic E-state index is 13.3. The van der Waals surface area contributed by atoms with Gasteiger partial charge in [0.25, 0.3) is 11.8 Å². The van der Waals surface area contributed by atoms with E-state index in [-0.39, 0.29) is 17.7 Å². The summed E-state index contributed by atoms with van der Waals surface area (Å²) in [6, 6.07) is 11.1. The second-order valence-corrected chi connectivity index (χ2v) is 6.21. The summed E-state index contributed by atoms with van der Waals surface area (Å²) in [7, 11) is 0. The average Bonchev–Trinajstić information content (AvgIpc) is 3.16. The summed E-state index contributed by atoms with van der Waals surface area (Å²) in [5.41, 5.74) is 1.06. The van der Waals surface area contributed by atoms with Crippen molar-refractivity contribution in [2.24, 2.45) is 5.16 Å². The van der Waals surface area contributed by atoms with Gasteiger partial charge in [0.2, 0.25) is 6.10 Å². The summed E-state index contributed by atoms with van der Waals surface area (Å²) < 4.78 is 50.0. The highest BCUT2D eigenvalue weighted by molar-refractivity contribution is 6.06. The van der Waals surface area contributed by atoms with E-state index in [1.165, 1.54) is 42.5 Å². The lowest BCUT2D eigenvalue weighted by Gasteiger charge is -2.11. The number of halogens is 4. The highest BCUT2D eigenvalue weighted by Gasteiger charge is 2.30. The summed E-state index contributed by atoms with van der Waals surface area (Å²) in [5.74, 6) is -1.93. The smallest absolute Gasteiger partial charge is 0.382 e. The Labute approximate surface area is 162 Å². The minimum Gasteiger partial charge on any atom is -0.382 e. The largest absolute Gasteiger partial charge is 0.405 e. The number of oxime groups is 1. The summed E-state index contributed by atoms with van der Waals surface area (Å²) >= 11 is 0. The van der Waals surface area contributed by atoms with Crippen LogP contribution in [0.2, 0.25) is 0 Å². The minimum atomic E-state index is -4.53. The summed E-state index contributed by atoms with van der Waals surface area (Å²) in [4.78, 5) is 29.3. The molecule has 1 heterocycles. The van der Waals surface area contributed by atoms with Crippen molar-refractivity contribution in [3.63, 3.8) is 0 Å². The Morgan fingerprint density at radius 3 is 2.62 bits per heavy atom. The van der Waals surface area contributed by atoms with Gasteiger partial charge in [0.05, 0.1) is 5.71 Å². The first-order valence-electron chi connectivity index (χ1n) is 8.46. The van der Waals surface area contributed by atoms with E-state index in [9.17, 15) is 27.2 Å². The van der Waals surface area contributed by atoms with Crippen LogP contribution >= 0.6 is 0 Å². The average molecular weight is 409 g/mol. The molecule has 10 heteroatoms. The Morgan fingerprint density at radius 2 is 1.90 bits per heavy atom. The molecule has 0 saturated heterocycles. The molecule has 0 saturated carbocycles. The van der Waals surface area contributed by atoms with Crippen LogP contribution in [0.3, 0.4) is 0 Å².